The Morgan fingerprint density at radius 1 is 1.16 bits per heavy atom. The Hall–Kier alpha value is -1.28. The molecule has 1 aromatic carbocycles. The molecular weight excluding hydrogens is 252 g/mol. The monoisotopic (exact) mass is 270 g/mol. The number of carbonyl (C=O) groups excluding carboxylic acids is 1. The third kappa shape index (κ3) is 2.08. The zero-order valence-electron chi connectivity index (χ0n) is 11.3. The van der Waals surface area contributed by atoms with Crippen LogP contribution in [0.4, 0.5) is 0 Å². The summed E-state index contributed by atoms with van der Waals surface area (Å²) in [5.41, 5.74) is 3.63. The van der Waals surface area contributed by atoms with Crippen molar-refractivity contribution in [1.29, 1.82) is 0 Å². The van der Waals surface area contributed by atoms with Crippen molar-refractivity contribution < 1.29 is 4.79 Å². The van der Waals surface area contributed by atoms with Crippen LogP contribution in [0.1, 0.15) is 37.0 Å². The SMILES string of the molecule is CCC1=CC2C(=O)c3ccccc3SC2C(CC)=C1. The number of ketones is 1. The van der Waals surface area contributed by atoms with E-state index >= 15 is 0 Å². The fourth-order valence-electron chi connectivity index (χ4n) is 2.89. The van der Waals surface area contributed by atoms with Gasteiger partial charge in [0.15, 0.2) is 5.78 Å². The molecule has 2 aliphatic rings. The molecule has 0 spiro atoms. The van der Waals surface area contributed by atoms with Crippen LogP contribution in [0.25, 0.3) is 0 Å². The van der Waals surface area contributed by atoms with Crippen LogP contribution >= 0.6 is 11.8 Å². The first-order chi connectivity index (χ1) is 9.24. The zero-order chi connectivity index (χ0) is 13.4. The molecule has 1 nitrogen and oxygen atoms in total. The molecule has 1 aliphatic heterocycles. The number of carbonyl (C=O) groups is 1. The van der Waals surface area contributed by atoms with E-state index in [1.807, 2.05) is 30.0 Å². The predicted octanol–water partition coefficient (Wildman–Crippen LogP) is 4.65. The van der Waals surface area contributed by atoms with Crippen molar-refractivity contribution in [3.63, 3.8) is 0 Å². The highest BCUT2D eigenvalue weighted by atomic mass is 32.2. The van der Waals surface area contributed by atoms with E-state index in [9.17, 15) is 4.79 Å². The van der Waals surface area contributed by atoms with Crippen LogP contribution < -0.4 is 0 Å². The molecule has 0 fully saturated rings. The molecule has 0 bridgehead atoms. The summed E-state index contributed by atoms with van der Waals surface area (Å²) in [6.07, 6.45) is 6.53. The van der Waals surface area contributed by atoms with E-state index in [0.29, 0.717) is 11.0 Å². The summed E-state index contributed by atoms with van der Waals surface area (Å²) < 4.78 is 0. The lowest BCUT2D eigenvalue weighted by Crippen LogP contribution is -2.32. The summed E-state index contributed by atoms with van der Waals surface area (Å²) in [6, 6.07) is 8.01. The second-order valence-corrected chi connectivity index (χ2v) is 6.28. The first kappa shape index (κ1) is 12.7. The number of hydrogen-bond donors (Lipinski definition) is 0. The van der Waals surface area contributed by atoms with Crippen LogP contribution in [0.2, 0.25) is 0 Å². The smallest absolute Gasteiger partial charge is 0.172 e. The summed E-state index contributed by atoms with van der Waals surface area (Å²) >= 11 is 1.86. The van der Waals surface area contributed by atoms with Crippen LogP contribution in [-0.4, -0.2) is 11.0 Å². The third-order valence-corrected chi connectivity index (χ3v) is 5.44. The van der Waals surface area contributed by atoms with Crippen LogP contribution in [0, 0.1) is 5.92 Å². The van der Waals surface area contributed by atoms with Gasteiger partial charge in [-0.3, -0.25) is 4.79 Å². The molecule has 0 radical (unpaired) electrons. The van der Waals surface area contributed by atoms with Crippen molar-refractivity contribution in [3.05, 3.63) is 53.1 Å². The van der Waals surface area contributed by atoms with Gasteiger partial charge in [0.1, 0.15) is 0 Å². The molecule has 19 heavy (non-hydrogen) atoms. The topological polar surface area (TPSA) is 17.1 Å². The number of allylic oxidation sites excluding steroid dienone is 3. The second kappa shape index (κ2) is 5.01. The normalized spacial score (nSPS) is 25.3. The molecule has 0 saturated heterocycles. The van der Waals surface area contributed by atoms with Crippen LogP contribution in [0.3, 0.4) is 0 Å². The molecule has 0 N–H and O–H groups in total. The summed E-state index contributed by atoms with van der Waals surface area (Å²) in [7, 11) is 0. The van der Waals surface area contributed by atoms with Crippen LogP contribution in [0.5, 0.6) is 0 Å². The average molecular weight is 270 g/mol. The van der Waals surface area contributed by atoms with E-state index in [1.54, 1.807) is 0 Å². The van der Waals surface area contributed by atoms with E-state index < -0.39 is 0 Å². The molecule has 2 unspecified atom stereocenters. The molecule has 2 atom stereocenters. The fourth-order valence-corrected chi connectivity index (χ4v) is 4.35. The van der Waals surface area contributed by atoms with Crippen molar-refractivity contribution >= 4 is 17.5 Å². The largest absolute Gasteiger partial charge is 0.293 e. The van der Waals surface area contributed by atoms with Gasteiger partial charge in [0.05, 0.1) is 5.92 Å². The first-order valence-electron chi connectivity index (χ1n) is 6.95. The van der Waals surface area contributed by atoms with E-state index in [1.165, 1.54) is 11.1 Å². The van der Waals surface area contributed by atoms with Gasteiger partial charge in [0.25, 0.3) is 0 Å². The molecule has 2 heteroatoms. The standard InChI is InChI=1S/C17H18OS/c1-3-11-9-12(4-2)17-14(10-11)16(18)13-7-5-6-8-15(13)19-17/h5-10,14,17H,3-4H2,1-2H3. The third-order valence-electron chi connectivity index (χ3n) is 3.98. The minimum Gasteiger partial charge on any atom is -0.293 e. The molecule has 1 aromatic rings. The number of thioether (sulfide) groups is 1. The molecule has 0 aromatic heterocycles. The lowest BCUT2D eigenvalue weighted by molar-refractivity contribution is 0.0939. The molecule has 1 aliphatic carbocycles. The van der Waals surface area contributed by atoms with Gasteiger partial charge in [-0.05, 0) is 18.9 Å². The maximum atomic E-state index is 12.7. The Labute approximate surface area is 118 Å². The average Bonchev–Trinajstić information content (AvgIpc) is 2.47. The Kier molecular flexibility index (Phi) is 3.36. The van der Waals surface area contributed by atoms with Gasteiger partial charge in [0, 0.05) is 15.7 Å². The highest BCUT2D eigenvalue weighted by Gasteiger charge is 2.37. The lowest BCUT2D eigenvalue weighted by atomic mass is 9.82. The summed E-state index contributed by atoms with van der Waals surface area (Å²) in [6.45, 7) is 4.34. The maximum absolute atomic E-state index is 12.7. The lowest BCUT2D eigenvalue weighted by Gasteiger charge is -2.34. The molecule has 0 amide bonds. The van der Waals surface area contributed by atoms with Crippen molar-refractivity contribution in [2.24, 2.45) is 5.92 Å². The van der Waals surface area contributed by atoms with Gasteiger partial charge in [-0.15, -0.1) is 11.8 Å². The predicted molar refractivity (Wildman–Crippen MR) is 80.7 cm³/mol. The Morgan fingerprint density at radius 3 is 2.68 bits per heavy atom. The van der Waals surface area contributed by atoms with E-state index in [-0.39, 0.29) is 5.92 Å². The van der Waals surface area contributed by atoms with Gasteiger partial charge < -0.3 is 0 Å². The van der Waals surface area contributed by atoms with Crippen LogP contribution in [-0.2, 0) is 0 Å². The van der Waals surface area contributed by atoms with Crippen molar-refractivity contribution in [2.75, 3.05) is 0 Å². The van der Waals surface area contributed by atoms with E-state index in [2.05, 4.69) is 32.1 Å². The van der Waals surface area contributed by atoms with Crippen LogP contribution in [0.15, 0.2) is 52.5 Å². The van der Waals surface area contributed by atoms with Gasteiger partial charge in [-0.2, -0.15) is 0 Å². The van der Waals surface area contributed by atoms with Gasteiger partial charge >= 0.3 is 0 Å². The van der Waals surface area contributed by atoms with Crippen molar-refractivity contribution in [2.45, 2.75) is 36.8 Å². The first-order valence-corrected chi connectivity index (χ1v) is 7.83. The number of benzene rings is 1. The maximum Gasteiger partial charge on any atom is 0.172 e. The zero-order valence-corrected chi connectivity index (χ0v) is 12.2. The van der Waals surface area contributed by atoms with Crippen molar-refractivity contribution in [1.82, 2.24) is 0 Å². The molecular formula is C17H18OS. The number of Topliss-reactive ketones (excluding diaryl/α,β-unsaturated/α-hetero) is 1. The number of fused-ring (bicyclic) bond motifs is 2. The minimum atomic E-state index is 0.0369. The molecule has 3 rings (SSSR count). The molecule has 0 saturated carbocycles. The van der Waals surface area contributed by atoms with Gasteiger partial charge in [0.2, 0.25) is 0 Å². The fraction of sp³-hybridized carbons (Fsp3) is 0.353. The number of hydrogen-bond acceptors (Lipinski definition) is 2. The Morgan fingerprint density at radius 2 is 1.95 bits per heavy atom. The Bertz CT molecular complexity index is 583. The summed E-state index contributed by atoms with van der Waals surface area (Å²) in [5, 5.41) is 0.308. The quantitative estimate of drug-likeness (QED) is 0.778. The number of rotatable bonds is 2. The van der Waals surface area contributed by atoms with Crippen molar-refractivity contribution in [3.8, 4) is 0 Å². The highest BCUT2D eigenvalue weighted by Crippen LogP contribution is 2.45. The van der Waals surface area contributed by atoms with E-state index in [0.717, 1.165) is 23.3 Å². The second-order valence-electron chi connectivity index (χ2n) is 5.09. The van der Waals surface area contributed by atoms with Gasteiger partial charge in [-0.1, -0.05) is 55.3 Å². The molecule has 1 heterocycles. The van der Waals surface area contributed by atoms with Gasteiger partial charge in [-0.25, -0.2) is 0 Å². The summed E-state index contributed by atoms with van der Waals surface area (Å²) in [4.78, 5) is 13.8. The molecule has 98 valence electrons. The summed E-state index contributed by atoms with van der Waals surface area (Å²) in [5.74, 6) is 0.333. The highest BCUT2D eigenvalue weighted by molar-refractivity contribution is 8.00. The van der Waals surface area contributed by atoms with E-state index in [4.69, 9.17) is 0 Å². The minimum absolute atomic E-state index is 0.0369. The Balaban J connectivity index is 2.08.